The minimum absolute atomic E-state index is 0.312. The number of nitrogens with one attached hydrogen (secondary N) is 1. The number of nitrogens with two attached hydrogens (primary N) is 1. The van der Waals surface area contributed by atoms with Crippen molar-refractivity contribution in [2.24, 2.45) is 5.73 Å². The Morgan fingerprint density at radius 1 is 1.29 bits per heavy atom. The Morgan fingerprint density at radius 2 is 2.24 bits per heavy atom. The predicted molar refractivity (Wildman–Crippen MR) is 83.3 cm³/mol. The zero-order valence-electron chi connectivity index (χ0n) is 12.3. The highest BCUT2D eigenvalue weighted by Gasteiger charge is 2.46. The van der Waals surface area contributed by atoms with E-state index in [2.05, 4.69) is 30.8 Å². The van der Waals surface area contributed by atoms with Crippen LogP contribution in [0.5, 0.6) is 0 Å². The molecule has 0 radical (unpaired) electrons. The third-order valence-electron chi connectivity index (χ3n) is 5.10. The van der Waals surface area contributed by atoms with Crippen molar-refractivity contribution in [3.63, 3.8) is 0 Å². The molecule has 0 aliphatic carbocycles. The van der Waals surface area contributed by atoms with Crippen LogP contribution in [0, 0.1) is 0 Å². The van der Waals surface area contributed by atoms with Crippen molar-refractivity contribution in [2.75, 3.05) is 37.6 Å². The SMILES string of the molecule is NCCN1CCCC12CCN(c1ncnc3[nH]ccc13)C2. The van der Waals surface area contributed by atoms with Crippen molar-refractivity contribution < 1.29 is 0 Å². The number of aromatic nitrogens is 3. The Bertz CT molecular complexity index is 638. The first-order valence-electron chi connectivity index (χ1n) is 7.81. The molecule has 112 valence electrons. The van der Waals surface area contributed by atoms with Crippen LogP contribution in [0.3, 0.4) is 0 Å². The van der Waals surface area contributed by atoms with Crippen LogP contribution < -0.4 is 10.6 Å². The van der Waals surface area contributed by atoms with E-state index in [1.165, 1.54) is 25.8 Å². The van der Waals surface area contributed by atoms with Gasteiger partial charge in [-0.1, -0.05) is 0 Å². The molecular formula is C15H22N6. The Balaban J connectivity index is 1.63. The quantitative estimate of drug-likeness (QED) is 0.879. The van der Waals surface area contributed by atoms with Gasteiger partial charge in [-0.05, 0) is 31.9 Å². The first-order chi connectivity index (χ1) is 10.3. The van der Waals surface area contributed by atoms with Gasteiger partial charge in [0, 0.05) is 37.9 Å². The molecular weight excluding hydrogens is 264 g/mol. The molecule has 21 heavy (non-hydrogen) atoms. The summed E-state index contributed by atoms with van der Waals surface area (Å²) in [6.07, 6.45) is 7.38. The Labute approximate surface area is 124 Å². The number of hydrogen-bond donors (Lipinski definition) is 2. The second kappa shape index (κ2) is 4.96. The molecule has 6 heteroatoms. The van der Waals surface area contributed by atoms with E-state index in [-0.39, 0.29) is 0 Å². The Hall–Kier alpha value is -1.66. The van der Waals surface area contributed by atoms with E-state index >= 15 is 0 Å². The van der Waals surface area contributed by atoms with Gasteiger partial charge in [-0.15, -0.1) is 0 Å². The maximum atomic E-state index is 5.79. The third-order valence-corrected chi connectivity index (χ3v) is 5.10. The van der Waals surface area contributed by atoms with E-state index in [1.807, 2.05) is 6.20 Å². The third kappa shape index (κ3) is 2.01. The summed E-state index contributed by atoms with van der Waals surface area (Å²) in [7, 11) is 0. The summed E-state index contributed by atoms with van der Waals surface area (Å²) >= 11 is 0. The number of rotatable bonds is 3. The van der Waals surface area contributed by atoms with E-state index in [0.29, 0.717) is 5.54 Å². The number of H-pyrrole nitrogens is 1. The molecule has 4 heterocycles. The average molecular weight is 286 g/mol. The molecule has 1 spiro atoms. The molecule has 0 amide bonds. The summed E-state index contributed by atoms with van der Waals surface area (Å²) in [5, 5.41) is 1.12. The minimum Gasteiger partial charge on any atom is -0.354 e. The standard InChI is InChI=1S/C15H22N6/c16-5-9-21-7-1-3-15(21)4-8-20(10-15)14-12-2-6-17-13(12)18-11-19-14/h2,6,11H,1,3-5,7-10,16H2,(H,17,18,19). The van der Waals surface area contributed by atoms with Gasteiger partial charge in [0.1, 0.15) is 17.8 Å². The van der Waals surface area contributed by atoms with Gasteiger partial charge in [0.2, 0.25) is 0 Å². The smallest absolute Gasteiger partial charge is 0.142 e. The van der Waals surface area contributed by atoms with Crippen molar-refractivity contribution in [1.29, 1.82) is 0 Å². The van der Waals surface area contributed by atoms with Crippen LogP contribution in [-0.2, 0) is 0 Å². The van der Waals surface area contributed by atoms with Gasteiger partial charge in [-0.2, -0.15) is 0 Å². The van der Waals surface area contributed by atoms with E-state index < -0.39 is 0 Å². The zero-order chi connectivity index (χ0) is 14.3. The highest BCUT2D eigenvalue weighted by molar-refractivity contribution is 5.87. The summed E-state index contributed by atoms with van der Waals surface area (Å²) in [5.74, 6) is 1.07. The molecule has 2 aromatic heterocycles. The molecule has 3 N–H and O–H groups in total. The summed E-state index contributed by atoms with van der Waals surface area (Å²) in [6.45, 7) is 5.07. The molecule has 0 aromatic carbocycles. The molecule has 0 bridgehead atoms. The van der Waals surface area contributed by atoms with E-state index in [1.54, 1.807) is 6.33 Å². The zero-order valence-corrected chi connectivity index (χ0v) is 12.3. The van der Waals surface area contributed by atoms with Crippen molar-refractivity contribution >= 4 is 16.9 Å². The van der Waals surface area contributed by atoms with E-state index in [4.69, 9.17) is 5.73 Å². The summed E-state index contributed by atoms with van der Waals surface area (Å²) in [6, 6.07) is 2.07. The topological polar surface area (TPSA) is 74.1 Å². The van der Waals surface area contributed by atoms with Gasteiger partial charge >= 0.3 is 0 Å². The lowest BCUT2D eigenvalue weighted by atomic mass is 9.95. The maximum absolute atomic E-state index is 5.79. The molecule has 4 rings (SSSR count). The molecule has 2 aromatic rings. The van der Waals surface area contributed by atoms with Gasteiger partial charge < -0.3 is 15.6 Å². The highest BCUT2D eigenvalue weighted by Crippen LogP contribution is 2.39. The van der Waals surface area contributed by atoms with Crippen molar-refractivity contribution in [2.45, 2.75) is 24.8 Å². The molecule has 1 unspecified atom stereocenters. The van der Waals surface area contributed by atoms with Crippen LogP contribution in [-0.4, -0.2) is 58.1 Å². The largest absolute Gasteiger partial charge is 0.354 e. The highest BCUT2D eigenvalue weighted by atomic mass is 15.3. The lowest BCUT2D eigenvalue weighted by molar-refractivity contribution is 0.163. The minimum atomic E-state index is 0.312. The average Bonchev–Trinajstić information content (AvgIpc) is 3.21. The van der Waals surface area contributed by atoms with Crippen LogP contribution in [0.1, 0.15) is 19.3 Å². The van der Waals surface area contributed by atoms with Crippen LogP contribution in [0.2, 0.25) is 0 Å². The van der Waals surface area contributed by atoms with Crippen LogP contribution in [0.4, 0.5) is 5.82 Å². The number of nitrogens with zero attached hydrogens (tertiary/aromatic N) is 4. The van der Waals surface area contributed by atoms with Gasteiger partial charge in [-0.3, -0.25) is 4.90 Å². The predicted octanol–water partition coefficient (Wildman–Crippen LogP) is 0.961. The molecule has 2 fully saturated rings. The Morgan fingerprint density at radius 3 is 3.14 bits per heavy atom. The molecule has 0 saturated carbocycles. The lowest BCUT2D eigenvalue weighted by Gasteiger charge is -2.35. The van der Waals surface area contributed by atoms with Gasteiger partial charge in [-0.25, -0.2) is 9.97 Å². The molecule has 1 atom stereocenters. The maximum Gasteiger partial charge on any atom is 0.142 e. The number of fused-ring (bicyclic) bond motifs is 1. The van der Waals surface area contributed by atoms with Gasteiger partial charge in [0.25, 0.3) is 0 Å². The first-order valence-corrected chi connectivity index (χ1v) is 7.81. The van der Waals surface area contributed by atoms with Crippen molar-refractivity contribution in [3.8, 4) is 0 Å². The first kappa shape index (κ1) is 13.0. The van der Waals surface area contributed by atoms with E-state index in [0.717, 1.165) is 43.0 Å². The normalized spacial score (nSPS) is 26.4. The lowest BCUT2D eigenvalue weighted by Crippen LogP contribution is -2.48. The van der Waals surface area contributed by atoms with Crippen molar-refractivity contribution in [1.82, 2.24) is 19.9 Å². The molecule has 2 saturated heterocycles. The van der Waals surface area contributed by atoms with Gasteiger partial charge in [0.05, 0.1) is 5.39 Å². The summed E-state index contributed by atoms with van der Waals surface area (Å²) in [4.78, 5) is 17.0. The van der Waals surface area contributed by atoms with Crippen LogP contribution in [0.25, 0.3) is 11.0 Å². The van der Waals surface area contributed by atoms with Crippen molar-refractivity contribution in [3.05, 3.63) is 18.6 Å². The van der Waals surface area contributed by atoms with Gasteiger partial charge in [0.15, 0.2) is 0 Å². The number of anilines is 1. The van der Waals surface area contributed by atoms with Crippen LogP contribution >= 0.6 is 0 Å². The number of likely N-dealkylation sites (tertiary alicyclic amines) is 1. The molecule has 2 aliphatic heterocycles. The summed E-state index contributed by atoms with van der Waals surface area (Å²) in [5.41, 5.74) is 7.02. The van der Waals surface area contributed by atoms with E-state index in [9.17, 15) is 0 Å². The number of hydrogen-bond acceptors (Lipinski definition) is 5. The van der Waals surface area contributed by atoms with Crippen LogP contribution in [0.15, 0.2) is 18.6 Å². The second-order valence-corrected chi connectivity index (χ2v) is 6.21. The number of aromatic amines is 1. The Kier molecular flexibility index (Phi) is 3.08. The fourth-order valence-corrected chi connectivity index (χ4v) is 4.11. The fraction of sp³-hybridized carbons (Fsp3) is 0.600. The molecule has 2 aliphatic rings. The molecule has 6 nitrogen and oxygen atoms in total. The fourth-order valence-electron chi connectivity index (χ4n) is 4.11. The monoisotopic (exact) mass is 286 g/mol. The second-order valence-electron chi connectivity index (χ2n) is 6.21. The summed E-state index contributed by atoms with van der Waals surface area (Å²) < 4.78 is 0.